The van der Waals surface area contributed by atoms with E-state index in [4.69, 9.17) is 9.47 Å². The van der Waals surface area contributed by atoms with Crippen molar-refractivity contribution >= 4 is 5.91 Å². The summed E-state index contributed by atoms with van der Waals surface area (Å²) in [5.74, 6) is 0.0832. The average Bonchev–Trinajstić information content (AvgIpc) is 3.24. The van der Waals surface area contributed by atoms with Crippen molar-refractivity contribution in [2.45, 2.75) is 38.0 Å². The van der Waals surface area contributed by atoms with E-state index in [9.17, 15) is 4.79 Å². The van der Waals surface area contributed by atoms with Crippen molar-refractivity contribution in [3.8, 4) is 0 Å². The molecule has 2 atom stereocenters. The Bertz CT molecular complexity index is 557. The van der Waals surface area contributed by atoms with Gasteiger partial charge in [-0.25, -0.2) is 0 Å². The summed E-state index contributed by atoms with van der Waals surface area (Å²) in [5.41, 5.74) is 1.98. The third kappa shape index (κ3) is 3.97. The monoisotopic (exact) mass is 332 g/mol. The van der Waals surface area contributed by atoms with E-state index in [-0.39, 0.29) is 18.1 Å². The van der Waals surface area contributed by atoms with Crippen molar-refractivity contribution in [3.63, 3.8) is 0 Å². The highest BCUT2D eigenvalue weighted by atomic mass is 16.5. The van der Waals surface area contributed by atoms with Crippen LogP contribution in [-0.2, 0) is 16.0 Å². The number of hydrogen-bond acceptors (Lipinski definition) is 4. The lowest BCUT2D eigenvalue weighted by atomic mass is 10.1. The number of benzene rings is 1. The highest BCUT2D eigenvalue weighted by Gasteiger charge is 2.35. The van der Waals surface area contributed by atoms with Crippen LogP contribution < -0.4 is 0 Å². The van der Waals surface area contributed by atoms with Gasteiger partial charge in [0.15, 0.2) is 0 Å². The van der Waals surface area contributed by atoms with Crippen molar-refractivity contribution < 1.29 is 14.3 Å². The van der Waals surface area contributed by atoms with Crippen LogP contribution in [-0.4, -0.2) is 68.3 Å². The molecule has 1 amide bonds. The first-order chi connectivity index (χ1) is 11.7. The smallest absolute Gasteiger partial charge is 0.254 e. The second-order valence-electron chi connectivity index (χ2n) is 6.84. The Hall–Kier alpha value is -1.43. The van der Waals surface area contributed by atoms with Crippen LogP contribution in [0.1, 0.15) is 35.2 Å². The van der Waals surface area contributed by atoms with Gasteiger partial charge >= 0.3 is 0 Å². The summed E-state index contributed by atoms with van der Waals surface area (Å²) in [6.45, 7) is 4.45. The van der Waals surface area contributed by atoms with E-state index in [2.05, 4.69) is 11.0 Å². The molecule has 2 fully saturated rings. The number of likely N-dealkylation sites (tertiary alicyclic amines) is 2. The lowest BCUT2D eigenvalue weighted by Gasteiger charge is -2.24. The van der Waals surface area contributed by atoms with Crippen molar-refractivity contribution in [3.05, 3.63) is 35.4 Å². The zero-order valence-electron chi connectivity index (χ0n) is 14.7. The molecule has 0 bridgehead atoms. The molecular formula is C19H28N2O3. The second-order valence-corrected chi connectivity index (χ2v) is 6.84. The van der Waals surface area contributed by atoms with Crippen LogP contribution in [0.2, 0.25) is 0 Å². The highest BCUT2D eigenvalue weighted by Crippen LogP contribution is 2.23. The molecule has 2 saturated heterocycles. The quantitative estimate of drug-likeness (QED) is 0.801. The number of rotatable bonds is 6. The number of carbonyl (C=O) groups excluding carboxylic acids is 1. The van der Waals surface area contributed by atoms with E-state index < -0.39 is 0 Å². The fourth-order valence-electron chi connectivity index (χ4n) is 3.81. The van der Waals surface area contributed by atoms with E-state index >= 15 is 0 Å². The summed E-state index contributed by atoms with van der Waals surface area (Å²) in [6.07, 6.45) is 3.50. The molecule has 3 rings (SSSR count). The van der Waals surface area contributed by atoms with E-state index in [1.807, 2.05) is 23.1 Å². The molecule has 0 aromatic heterocycles. The van der Waals surface area contributed by atoms with Gasteiger partial charge in [-0.05, 0) is 50.0 Å². The topological polar surface area (TPSA) is 42.0 Å². The molecule has 0 N–H and O–H groups in total. The van der Waals surface area contributed by atoms with Gasteiger partial charge in [0, 0.05) is 32.9 Å². The number of ether oxygens (including phenoxy) is 2. The number of carbonyl (C=O) groups is 1. The first-order valence-corrected chi connectivity index (χ1v) is 8.85. The molecule has 0 aliphatic carbocycles. The zero-order chi connectivity index (χ0) is 16.9. The van der Waals surface area contributed by atoms with E-state index in [0.717, 1.165) is 31.6 Å². The molecule has 2 heterocycles. The fourth-order valence-corrected chi connectivity index (χ4v) is 3.81. The summed E-state index contributed by atoms with van der Waals surface area (Å²) in [4.78, 5) is 17.3. The fraction of sp³-hybridized carbons (Fsp3) is 0.632. The summed E-state index contributed by atoms with van der Waals surface area (Å²) in [6, 6.07) is 8.16. The number of methoxy groups -OCH3 is 2. The van der Waals surface area contributed by atoms with Crippen LogP contribution in [0.25, 0.3) is 0 Å². The van der Waals surface area contributed by atoms with E-state index in [1.165, 1.54) is 18.4 Å². The Morgan fingerprint density at radius 3 is 2.75 bits per heavy atom. The summed E-state index contributed by atoms with van der Waals surface area (Å²) < 4.78 is 10.8. The van der Waals surface area contributed by atoms with Gasteiger partial charge in [-0.1, -0.05) is 12.1 Å². The van der Waals surface area contributed by atoms with Crippen molar-refractivity contribution in [1.82, 2.24) is 9.80 Å². The average molecular weight is 332 g/mol. The Balaban J connectivity index is 1.71. The normalized spacial score (nSPS) is 24.7. The summed E-state index contributed by atoms with van der Waals surface area (Å²) in [5, 5.41) is 0. The number of amides is 1. The van der Waals surface area contributed by atoms with E-state index in [1.54, 1.807) is 14.2 Å². The van der Waals surface area contributed by atoms with E-state index in [0.29, 0.717) is 13.2 Å². The second kappa shape index (κ2) is 8.10. The maximum atomic E-state index is 13.0. The van der Waals surface area contributed by atoms with Crippen LogP contribution >= 0.6 is 0 Å². The first kappa shape index (κ1) is 17.4. The first-order valence-electron chi connectivity index (χ1n) is 8.85. The standard InChI is InChI=1S/C19H28N2O3/c1-23-14-17-11-18(24-2)13-21(17)19(22)16-7-5-6-15(10-16)12-20-8-3-4-9-20/h5-7,10,17-18H,3-4,8-9,11-14H2,1-2H3/t17-,18-/m0/s1. The highest BCUT2D eigenvalue weighted by molar-refractivity contribution is 5.94. The Morgan fingerprint density at radius 2 is 2.04 bits per heavy atom. The van der Waals surface area contributed by atoms with Gasteiger partial charge in [0.05, 0.1) is 18.8 Å². The Labute approximate surface area is 144 Å². The molecule has 0 radical (unpaired) electrons. The molecule has 2 aliphatic rings. The maximum absolute atomic E-state index is 13.0. The molecule has 5 nitrogen and oxygen atoms in total. The Morgan fingerprint density at radius 1 is 1.25 bits per heavy atom. The number of hydrogen-bond donors (Lipinski definition) is 0. The minimum atomic E-state index is 0.0832. The molecule has 0 saturated carbocycles. The van der Waals surface area contributed by atoms with Crippen LogP contribution in [0.5, 0.6) is 0 Å². The third-order valence-corrected chi connectivity index (χ3v) is 5.11. The third-order valence-electron chi connectivity index (χ3n) is 5.11. The molecular weight excluding hydrogens is 304 g/mol. The molecule has 5 heteroatoms. The molecule has 2 aliphatic heterocycles. The van der Waals surface area contributed by atoms with Gasteiger partial charge < -0.3 is 14.4 Å². The minimum Gasteiger partial charge on any atom is -0.383 e. The molecule has 1 aromatic carbocycles. The van der Waals surface area contributed by atoms with Gasteiger partial charge in [-0.15, -0.1) is 0 Å². The van der Waals surface area contributed by atoms with Gasteiger partial charge in [-0.3, -0.25) is 9.69 Å². The lowest BCUT2D eigenvalue weighted by molar-refractivity contribution is 0.0612. The lowest BCUT2D eigenvalue weighted by Crippen LogP contribution is -2.38. The Kier molecular flexibility index (Phi) is 5.87. The molecule has 0 unspecified atom stereocenters. The molecule has 132 valence electrons. The maximum Gasteiger partial charge on any atom is 0.254 e. The van der Waals surface area contributed by atoms with Crippen LogP contribution in [0, 0.1) is 0 Å². The SMILES string of the molecule is COC[C@@H]1C[C@H](OC)CN1C(=O)c1cccc(CN2CCCC2)c1. The predicted molar refractivity (Wildman–Crippen MR) is 93.1 cm³/mol. The summed E-state index contributed by atoms with van der Waals surface area (Å²) >= 11 is 0. The van der Waals surface area contributed by atoms with Gasteiger partial charge in [0.1, 0.15) is 0 Å². The van der Waals surface area contributed by atoms with Crippen molar-refractivity contribution in [2.75, 3.05) is 40.5 Å². The largest absolute Gasteiger partial charge is 0.383 e. The van der Waals surface area contributed by atoms with Gasteiger partial charge in [0.25, 0.3) is 5.91 Å². The van der Waals surface area contributed by atoms with Crippen molar-refractivity contribution in [2.24, 2.45) is 0 Å². The van der Waals surface area contributed by atoms with Gasteiger partial charge in [0.2, 0.25) is 0 Å². The predicted octanol–water partition coefficient (Wildman–Crippen LogP) is 2.16. The van der Waals surface area contributed by atoms with Crippen molar-refractivity contribution in [1.29, 1.82) is 0 Å². The molecule has 1 aromatic rings. The molecule has 24 heavy (non-hydrogen) atoms. The van der Waals surface area contributed by atoms with Crippen LogP contribution in [0.4, 0.5) is 0 Å². The van der Waals surface area contributed by atoms with Gasteiger partial charge in [-0.2, -0.15) is 0 Å². The summed E-state index contributed by atoms with van der Waals surface area (Å²) in [7, 11) is 3.39. The van der Waals surface area contributed by atoms with Crippen LogP contribution in [0.3, 0.4) is 0 Å². The molecule has 0 spiro atoms. The van der Waals surface area contributed by atoms with Crippen LogP contribution in [0.15, 0.2) is 24.3 Å². The minimum absolute atomic E-state index is 0.0832. The zero-order valence-corrected chi connectivity index (χ0v) is 14.7. The number of nitrogens with zero attached hydrogens (tertiary/aromatic N) is 2.